The summed E-state index contributed by atoms with van der Waals surface area (Å²) in [6.45, 7) is 4.65. The second-order valence-corrected chi connectivity index (χ2v) is 20.7. The molecule has 1 amide bonds. The van der Waals surface area contributed by atoms with Gasteiger partial charge in [0.1, 0.15) is 13.2 Å². The molecular formula is C57H104N2O6P+. The number of phosphoric acid groups is 1. The van der Waals surface area contributed by atoms with E-state index in [0.29, 0.717) is 17.4 Å². The molecule has 66 heavy (non-hydrogen) atoms. The Bertz CT molecular complexity index is 1350. The van der Waals surface area contributed by atoms with E-state index in [4.69, 9.17) is 9.05 Å². The molecule has 3 N–H and O–H groups in total. The smallest absolute Gasteiger partial charge is 0.387 e. The van der Waals surface area contributed by atoms with Crippen molar-refractivity contribution in [1.29, 1.82) is 0 Å². The van der Waals surface area contributed by atoms with E-state index in [1.807, 2.05) is 27.2 Å². The molecule has 0 saturated heterocycles. The van der Waals surface area contributed by atoms with Crippen LogP contribution in [-0.2, 0) is 18.4 Å². The van der Waals surface area contributed by atoms with Gasteiger partial charge < -0.3 is 19.8 Å². The van der Waals surface area contributed by atoms with Crippen molar-refractivity contribution < 1.29 is 32.9 Å². The molecule has 0 aromatic carbocycles. The van der Waals surface area contributed by atoms with Crippen molar-refractivity contribution in [2.45, 2.75) is 231 Å². The highest BCUT2D eigenvalue weighted by molar-refractivity contribution is 7.47. The lowest BCUT2D eigenvalue weighted by atomic mass is 10.0. The topological polar surface area (TPSA) is 105 Å². The normalized spacial score (nSPS) is 14.7. The Kier molecular flexibility index (Phi) is 46.1. The van der Waals surface area contributed by atoms with Crippen LogP contribution in [0.3, 0.4) is 0 Å². The first kappa shape index (κ1) is 63.7. The number of rotatable bonds is 48. The molecule has 0 radical (unpaired) electrons. The fourth-order valence-corrected chi connectivity index (χ4v) is 8.11. The van der Waals surface area contributed by atoms with E-state index < -0.39 is 20.0 Å². The van der Waals surface area contributed by atoms with Crippen LogP contribution in [0, 0.1) is 0 Å². The van der Waals surface area contributed by atoms with Gasteiger partial charge in [0.15, 0.2) is 0 Å². The second-order valence-electron chi connectivity index (χ2n) is 19.2. The third-order valence-corrected chi connectivity index (χ3v) is 12.6. The Balaban J connectivity index is 4.04. The molecule has 3 unspecified atom stereocenters. The minimum atomic E-state index is -4.35. The largest absolute Gasteiger partial charge is 0.472 e. The predicted octanol–water partition coefficient (Wildman–Crippen LogP) is 16.1. The van der Waals surface area contributed by atoms with Crippen molar-refractivity contribution in [3.63, 3.8) is 0 Å². The number of unbranched alkanes of at least 4 members (excludes halogenated alkanes) is 23. The number of nitrogens with one attached hydrogen (secondary N) is 1. The summed E-state index contributed by atoms with van der Waals surface area (Å²) in [5, 5.41) is 13.8. The molecule has 0 aromatic rings. The number of quaternary nitrogens is 1. The van der Waals surface area contributed by atoms with Gasteiger partial charge in [0.05, 0.1) is 39.9 Å². The number of likely N-dealkylation sites (N-methyl/N-ethyl adjacent to an activating group) is 1. The Morgan fingerprint density at radius 1 is 0.530 bits per heavy atom. The van der Waals surface area contributed by atoms with Crippen LogP contribution in [0.15, 0.2) is 85.1 Å². The first-order valence-corrected chi connectivity index (χ1v) is 28.5. The number of amides is 1. The molecule has 0 aliphatic rings. The number of carbonyl (C=O) groups is 1. The summed E-state index contributed by atoms with van der Waals surface area (Å²) in [6, 6.07) is -0.864. The third kappa shape index (κ3) is 49.6. The zero-order valence-corrected chi connectivity index (χ0v) is 44.3. The summed E-state index contributed by atoms with van der Waals surface area (Å²) in [4.78, 5) is 23.2. The number of carbonyl (C=O) groups excluding carboxylic acids is 1. The monoisotopic (exact) mass is 944 g/mol. The third-order valence-electron chi connectivity index (χ3n) is 11.6. The highest BCUT2D eigenvalue weighted by Crippen LogP contribution is 2.43. The molecule has 8 nitrogen and oxygen atoms in total. The molecule has 0 rings (SSSR count). The number of phosphoric ester groups is 1. The molecule has 3 atom stereocenters. The van der Waals surface area contributed by atoms with Crippen LogP contribution < -0.4 is 5.32 Å². The van der Waals surface area contributed by atoms with Gasteiger partial charge in [-0.3, -0.25) is 13.8 Å². The lowest BCUT2D eigenvalue weighted by molar-refractivity contribution is -0.870. The van der Waals surface area contributed by atoms with E-state index in [1.54, 1.807) is 6.08 Å². The average Bonchev–Trinajstić information content (AvgIpc) is 3.28. The lowest BCUT2D eigenvalue weighted by Crippen LogP contribution is -2.45. The number of aliphatic hydroxyl groups is 1. The first-order chi connectivity index (χ1) is 32.0. The predicted molar refractivity (Wildman–Crippen MR) is 286 cm³/mol. The molecule has 0 fully saturated rings. The van der Waals surface area contributed by atoms with Gasteiger partial charge in [0, 0.05) is 6.42 Å². The molecule has 0 spiro atoms. The maximum Gasteiger partial charge on any atom is 0.472 e. The lowest BCUT2D eigenvalue weighted by Gasteiger charge is -2.25. The van der Waals surface area contributed by atoms with Crippen molar-refractivity contribution in [2.24, 2.45) is 0 Å². The molecule has 382 valence electrons. The van der Waals surface area contributed by atoms with Crippen LogP contribution in [0.4, 0.5) is 0 Å². The van der Waals surface area contributed by atoms with Crippen LogP contribution in [-0.4, -0.2) is 73.4 Å². The van der Waals surface area contributed by atoms with E-state index in [-0.39, 0.29) is 19.1 Å². The molecule has 0 saturated carbocycles. The van der Waals surface area contributed by atoms with Gasteiger partial charge in [-0.15, -0.1) is 0 Å². The summed E-state index contributed by atoms with van der Waals surface area (Å²) < 4.78 is 23.6. The number of hydrogen-bond acceptors (Lipinski definition) is 5. The first-order valence-electron chi connectivity index (χ1n) is 27.0. The molecule has 0 heterocycles. The summed E-state index contributed by atoms with van der Waals surface area (Å²) >= 11 is 0. The standard InChI is InChI=1S/C57H103N2O6P/c1-6-8-10-12-14-16-18-19-20-21-22-23-24-25-26-27-28-29-30-31-32-33-34-35-36-37-38-39-41-43-45-47-49-51-57(61)58-55(54-65-66(62,63)64-53-52-59(3,4)5)56(60)50-48-46-44-42-40-17-15-13-11-9-7-2/h8,10,14,16,19-20,22-23,25-26,40,42,48,50,55-56,60H,6-7,9,11-13,15,17-18,21,24,27-39,41,43-47,49,51-54H2,1-5H3,(H-,58,61,62,63)/p+1/b10-8-,16-14-,20-19-,23-22-,26-25-,42-40+,50-48+. The highest BCUT2D eigenvalue weighted by Gasteiger charge is 2.27. The molecular weight excluding hydrogens is 840 g/mol. The van der Waals surface area contributed by atoms with Gasteiger partial charge in [-0.25, -0.2) is 4.57 Å². The maximum atomic E-state index is 12.9. The Morgan fingerprint density at radius 3 is 1.39 bits per heavy atom. The van der Waals surface area contributed by atoms with Gasteiger partial charge in [-0.05, 0) is 77.0 Å². The quantitative estimate of drug-likeness (QED) is 0.0243. The SMILES string of the molecule is CC/C=C\C/C=C\C/C=C\C/C=C\C/C=C\CCCCCCCCCCCCCCCCCCCC(=O)NC(COP(=O)(O)OCC[N+](C)(C)C)C(O)/C=C/CC/C=C/CCCCCCC. The summed E-state index contributed by atoms with van der Waals surface area (Å²) in [5.41, 5.74) is 0. The van der Waals surface area contributed by atoms with E-state index in [0.717, 1.165) is 70.6 Å². The molecule has 0 aliphatic heterocycles. The number of aliphatic hydroxyl groups excluding tert-OH is 1. The minimum absolute atomic E-state index is 0.0539. The Labute approximate surface area is 407 Å². The van der Waals surface area contributed by atoms with Crippen molar-refractivity contribution >= 4 is 13.7 Å². The fourth-order valence-electron chi connectivity index (χ4n) is 7.38. The van der Waals surface area contributed by atoms with Gasteiger partial charge in [-0.2, -0.15) is 0 Å². The average molecular weight is 944 g/mol. The number of nitrogens with zero attached hydrogens (tertiary/aromatic N) is 1. The highest BCUT2D eigenvalue weighted by atomic mass is 31.2. The molecule has 0 aromatic heterocycles. The van der Waals surface area contributed by atoms with Gasteiger partial charge in [-0.1, -0.05) is 221 Å². The van der Waals surface area contributed by atoms with Gasteiger partial charge in [0.2, 0.25) is 5.91 Å². The van der Waals surface area contributed by atoms with Gasteiger partial charge in [0.25, 0.3) is 0 Å². The van der Waals surface area contributed by atoms with E-state index in [9.17, 15) is 19.4 Å². The van der Waals surface area contributed by atoms with Gasteiger partial charge >= 0.3 is 7.82 Å². The van der Waals surface area contributed by atoms with Crippen LogP contribution in [0.2, 0.25) is 0 Å². The van der Waals surface area contributed by atoms with Crippen molar-refractivity contribution in [3.8, 4) is 0 Å². The number of hydrogen-bond donors (Lipinski definition) is 3. The maximum absolute atomic E-state index is 12.9. The van der Waals surface area contributed by atoms with Crippen molar-refractivity contribution in [1.82, 2.24) is 5.32 Å². The van der Waals surface area contributed by atoms with Crippen LogP contribution >= 0.6 is 7.82 Å². The second kappa shape index (κ2) is 47.7. The van der Waals surface area contributed by atoms with Crippen LogP contribution in [0.5, 0.6) is 0 Å². The van der Waals surface area contributed by atoms with E-state index in [2.05, 4.69) is 92.1 Å². The van der Waals surface area contributed by atoms with E-state index in [1.165, 1.54) is 128 Å². The van der Waals surface area contributed by atoms with Crippen LogP contribution in [0.1, 0.15) is 219 Å². The molecule has 9 heteroatoms. The fraction of sp³-hybridized carbons (Fsp3) is 0.737. The Hall–Kier alpha value is -2.32. The zero-order chi connectivity index (χ0) is 48.5. The summed E-state index contributed by atoms with van der Waals surface area (Å²) in [7, 11) is 1.55. The molecule has 0 bridgehead atoms. The van der Waals surface area contributed by atoms with Crippen molar-refractivity contribution in [2.75, 3.05) is 40.9 Å². The molecule has 0 aliphatic carbocycles. The van der Waals surface area contributed by atoms with Crippen LogP contribution in [0.25, 0.3) is 0 Å². The Morgan fingerprint density at radius 2 is 0.924 bits per heavy atom. The number of allylic oxidation sites excluding steroid dienone is 13. The van der Waals surface area contributed by atoms with Crippen molar-refractivity contribution in [3.05, 3.63) is 85.1 Å². The summed E-state index contributed by atoms with van der Waals surface area (Å²) in [6.07, 6.45) is 66.9. The van der Waals surface area contributed by atoms with E-state index >= 15 is 0 Å². The zero-order valence-electron chi connectivity index (χ0n) is 43.4. The minimum Gasteiger partial charge on any atom is -0.387 e. The summed E-state index contributed by atoms with van der Waals surface area (Å²) in [5.74, 6) is -0.190.